The third-order valence-electron chi connectivity index (χ3n) is 6.82. The molecule has 4 aromatic carbocycles. The van der Waals surface area contributed by atoms with Gasteiger partial charge in [-0.05, 0) is 61.4 Å². The Morgan fingerprint density at radius 1 is 0.810 bits per heavy atom. The molecule has 1 N–H and O–H groups in total. The molecule has 218 valence electrons. The fourth-order valence-corrected chi connectivity index (χ4v) is 6.29. The first-order valence-corrected chi connectivity index (χ1v) is 15.9. The number of benzene rings is 4. The molecule has 4 rings (SSSR count). The van der Waals surface area contributed by atoms with Crippen molar-refractivity contribution < 1.29 is 18.0 Å². The molecule has 0 fully saturated rings. The Balaban J connectivity index is 1.78. The van der Waals surface area contributed by atoms with Gasteiger partial charge in [-0.25, -0.2) is 8.42 Å². The van der Waals surface area contributed by atoms with Crippen LogP contribution in [0, 0.1) is 6.92 Å². The predicted octanol–water partition coefficient (Wildman–Crippen LogP) is 5.73. The fourth-order valence-electron chi connectivity index (χ4n) is 4.59. The summed E-state index contributed by atoms with van der Waals surface area (Å²) in [5.74, 6) is -0.798. The first-order chi connectivity index (χ1) is 20.2. The van der Waals surface area contributed by atoms with Gasteiger partial charge in [-0.2, -0.15) is 0 Å². The standard InChI is InChI=1S/C33H34BrN3O4S/c1-3-35-33(39)31(22-26-10-6-4-7-11-26)36(23-27-16-14-25(2)15-17-27)32(38)24-37(29-20-18-28(34)19-21-29)42(40,41)30-12-8-5-9-13-30/h4-21,31H,3,22-24H2,1-2H3,(H,35,39)/t31-/m1/s1. The van der Waals surface area contributed by atoms with Gasteiger partial charge in [0.2, 0.25) is 11.8 Å². The maximum Gasteiger partial charge on any atom is 0.264 e. The number of hydrogen-bond acceptors (Lipinski definition) is 4. The van der Waals surface area contributed by atoms with Crippen molar-refractivity contribution in [3.05, 3.63) is 130 Å². The van der Waals surface area contributed by atoms with E-state index in [0.717, 1.165) is 25.5 Å². The van der Waals surface area contributed by atoms with E-state index in [2.05, 4.69) is 21.2 Å². The lowest BCUT2D eigenvalue weighted by molar-refractivity contribution is -0.140. The molecule has 0 aliphatic carbocycles. The summed E-state index contributed by atoms with van der Waals surface area (Å²) in [6.07, 6.45) is 0.272. The predicted molar refractivity (Wildman–Crippen MR) is 169 cm³/mol. The monoisotopic (exact) mass is 647 g/mol. The van der Waals surface area contributed by atoms with E-state index in [1.165, 1.54) is 17.0 Å². The second-order valence-corrected chi connectivity index (χ2v) is 12.7. The molecule has 0 radical (unpaired) electrons. The molecule has 0 spiro atoms. The van der Waals surface area contributed by atoms with Gasteiger partial charge in [0.1, 0.15) is 12.6 Å². The number of halogens is 1. The van der Waals surface area contributed by atoms with Crippen molar-refractivity contribution in [1.29, 1.82) is 0 Å². The van der Waals surface area contributed by atoms with Crippen LogP contribution in [-0.2, 0) is 32.6 Å². The molecule has 0 heterocycles. The van der Waals surface area contributed by atoms with Crippen LogP contribution in [0.15, 0.2) is 119 Å². The Morgan fingerprint density at radius 2 is 1.40 bits per heavy atom. The van der Waals surface area contributed by atoms with Gasteiger partial charge in [-0.15, -0.1) is 0 Å². The molecule has 9 heteroatoms. The van der Waals surface area contributed by atoms with Crippen molar-refractivity contribution in [2.45, 2.75) is 37.8 Å². The maximum absolute atomic E-state index is 14.3. The largest absolute Gasteiger partial charge is 0.355 e. The van der Waals surface area contributed by atoms with Crippen molar-refractivity contribution >= 4 is 43.5 Å². The zero-order chi connectivity index (χ0) is 30.1. The van der Waals surface area contributed by atoms with Crippen LogP contribution in [0.25, 0.3) is 0 Å². The summed E-state index contributed by atoms with van der Waals surface area (Å²) in [7, 11) is -4.12. The van der Waals surface area contributed by atoms with Gasteiger partial charge < -0.3 is 10.2 Å². The molecule has 0 unspecified atom stereocenters. The summed E-state index contributed by atoms with van der Waals surface area (Å²) in [6.45, 7) is 3.84. The second-order valence-electron chi connectivity index (χ2n) is 9.91. The van der Waals surface area contributed by atoms with Crippen molar-refractivity contribution in [2.75, 3.05) is 17.4 Å². The van der Waals surface area contributed by atoms with E-state index in [1.807, 2.05) is 68.4 Å². The van der Waals surface area contributed by atoms with Crippen LogP contribution in [-0.4, -0.2) is 44.3 Å². The number of rotatable bonds is 12. The molecular formula is C33H34BrN3O4S. The van der Waals surface area contributed by atoms with Crippen LogP contribution in [0.2, 0.25) is 0 Å². The van der Waals surface area contributed by atoms with E-state index in [4.69, 9.17) is 0 Å². The summed E-state index contributed by atoms with van der Waals surface area (Å²) in [5.41, 5.74) is 3.12. The highest BCUT2D eigenvalue weighted by molar-refractivity contribution is 9.10. The maximum atomic E-state index is 14.3. The Labute approximate surface area is 256 Å². The first-order valence-electron chi connectivity index (χ1n) is 13.7. The number of amides is 2. The van der Waals surface area contributed by atoms with E-state index >= 15 is 0 Å². The van der Waals surface area contributed by atoms with E-state index < -0.39 is 28.5 Å². The van der Waals surface area contributed by atoms with Crippen molar-refractivity contribution in [2.24, 2.45) is 0 Å². The third-order valence-corrected chi connectivity index (χ3v) is 9.14. The van der Waals surface area contributed by atoms with Crippen LogP contribution in [0.1, 0.15) is 23.6 Å². The van der Waals surface area contributed by atoms with Crippen molar-refractivity contribution in [3.8, 4) is 0 Å². The Bertz CT molecular complexity index is 1580. The number of carbonyl (C=O) groups is 2. The molecule has 4 aromatic rings. The quantitative estimate of drug-likeness (QED) is 0.213. The van der Waals surface area contributed by atoms with Gasteiger partial charge in [0.05, 0.1) is 10.6 Å². The molecule has 0 aliphatic heterocycles. The lowest BCUT2D eigenvalue weighted by atomic mass is 10.0. The van der Waals surface area contributed by atoms with Crippen molar-refractivity contribution in [3.63, 3.8) is 0 Å². The summed E-state index contributed by atoms with van der Waals surface area (Å²) >= 11 is 3.40. The minimum absolute atomic E-state index is 0.0652. The third kappa shape index (κ3) is 7.86. The Kier molecular flexibility index (Phi) is 10.5. The zero-order valence-corrected chi connectivity index (χ0v) is 26.0. The van der Waals surface area contributed by atoms with E-state index in [0.29, 0.717) is 12.2 Å². The van der Waals surface area contributed by atoms with Gasteiger partial charge >= 0.3 is 0 Å². The molecule has 0 bridgehead atoms. The molecule has 0 aromatic heterocycles. The summed E-state index contributed by atoms with van der Waals surface area (Å²) < 4.78 is 29.7. The van der Waals surface area contributed by atoms with E-state index in [-0.39, 0.29) is 23.8 Å². The lowest BCUT2D eigenvalue weighted by Gasteiger charge is -2.34. The molecule has 0 saturated heterocycles. The van der Waals surface area contributed by atoms with Gasteiger partial charge in [-0.1, -0.05) is 94.3 Å². The van der Waals surface area contributed by atoms with Crippen molar-refractivity contribution in [1.82, 2.24) is 10.2 Å². The lowest BCUT2D eigenvalue weighted by Crippen LogP contribution is -2.53. The topological polar surface area (TPSA) is 86.8 Å². The molecule has 0 saturated carbocycles. The average molecular weight is 649 g/mol. The summed E-state index contributed by atoms with van der Waals surface area (Å²) in [5, 5.41) is 2.87. The molecule has 1 atom stereocenters. The normalized spacial score (nSPS) is 11.9. The Morgan fingerprint density at radius 3 is 2.00 bits per heavy atom. The molecule has 42 heavy (non-hydrogen) atoms. The van der Waals surface area contributed by atoms with Crippen LogP contribution < -0.4 is 9.62 Å². The van der Waals surface area contributed by atoms with Gasteiger partial charge in [0.25, 0.3) is 10.0 Å². The van der Waals surface area contributed by atoms with Crippen LogP contribution in [0.3, 0.4) is 0 Å². The molecule has 0 aliphatic rings. The first kappa shape index (κ1) is 31.0. The van der Waals surface area contributed by atoms with E-state index in [9.17, 15) is 18.0 Å². The highest BCUT2D eigenvalue weighted by atomic mass is 79.9. The SMILES string of the molecule is CCNC(=O)[C@@H](Cc1ccccc1)N(Cc1ccc(C)cc1)C(=O)CN(c1ccc(Br)cc1)S(=O)(=O)c1ccccc1. The highest BCUT2D eigenvalue weighted by Gasteiger charge is 2.34. The summed E-state index contributed by atoms with van der Waals surface area (Å²) in [6, 6.07) is 31.1. The number of sulfonamides is 1. The smallest absolute Gasteiger partial charge is 0.264 e. The Hall–Kier alpha value is -3.95. The number of hydrogen-bond donors (Lipinski definition) is 1. The fraction of sp³-hybridized carbons (Fsp3) is 0.212. The van der Waals surface area contributed by atoms with Crippen LogP contribution in [0.4, 0.5) is 5.69 Å². The van der Waals surface area contributed by atoms with Crippen LogP contribution >= 0.6 is 15.9 Å². The number of nitrogens with zero attached hydrogens (tertiary/aromatic N) is 2. The number of nitrogens with one attached hydrogen (secondary N) is 1. The number of carbonyl (C=O) groups excluding carboxylic acids is 2. The number of anilines is 1. The molecule has 7 nitrogen and oxygen atoms in total. The number of aryl methyl sites for hydroxylation is 1. The highest BCUT2D eigenvalue weighted by Crippen LogP contribution is 2.26. The van der Waals surface area contributed by atoms with Crippen LogP contribution in [0.5, 0.6) is 0 Å². The van der Waals surface area contributed by atoms with E-state index in [1.54, 1.807) is 42.5 Å². The minimum atomic E-state index is -4.12. The van der Waals surface area contributed by atoms with Gasteiger partial charge in [0, 0.05) is 24.0 Å². The minimum Gasteiger partial charge on any atom is -0.355 e. The van der Waals surface area contributed by atoms with Gasteiger partial charge in [0.15, 0.2) is 0 Å². The molecule has 2 amide bonds. The van der Waals surface area contributed by atoms with Gasteiger partial charge in [-0.3, -0.25) is 13.9 Å². The number of likely N-dealkylation sites (N-methyl/N-ethyl adjacent to an activating group) is 1. The second kappa shape index (κ2) is 14.3. The molecular weight excluding hydrogens is 614 g/mol. The summed E-state index contributed by atoms with van der Waals surface area (Å²) in [4.78, 5) is 29.4. The zero-order valence-electron chi connectivity index (χ0n) is 23.6. The average Bonchev–Trinajstić information content (AvgIpc) is 3.00.